The lowest BCUT2D eigenvalue weighted by atomic mass is 9.91. The second-order valence-electron chi connectivity index (χ2n) is 26.6. The number of hydrogen-bond acceptors (Lipinski definition) is 44. The molecule has 0 aliphatic rings. The second-order valence-corrected chi connectivity index (χ2v) is 26.6. The zero-order valence-electron chi connectivity index (χ0n) is 66.7. The van der Waals surface area contributed by atoms with Crippen molar-refractivity contribution in [1.29, 1.82) is 0 Å². The SMILES string of the molecule is CCC(CO)OCC(COC(CO)CO)(COC(CO)CO)COC(CO)CO.CCC(CO)OCC(OC(CO)CO)C(COC(CO)CO)OC(CO)CO.CCC(O)COCC(COCC(O)CO)(COCC(O)CO)COCC(O)CO.CCC(O)COCC(OCC(O)CO)C(COCC(O)CO)OCC(O)CO. The lowest BCUT2D eigenvalue weighted by Crippen LogP contribution is -2.47. The van der Waals surface area contributed by atoms with Crippen LogP contribution in [0, 0.1) is 10.8 Å². The van der Waals surface area contributed by atoms with E-state index in [4.69, 9.17) is 117 Å². The van der Waals surface area contributed by atoms with E-state index in [2.05, 4.69) is 0 Å². The Morgan fingerprint density at radius 1 is 0.175 bits per heavy atom. The molecule has 44 heteroatoms. The van der Waals surface area contributed by atoms with Crippen LogP contribution in [0.5, 0.6) is 0 Å². The van der Waals surface area contributed by atoms with Crippen LogP contribution in [0.25, 0.3) is 0 Å². The Morgan fingerprint density at radius 3 is 0.640 bits per heavy atom. The molecule has 44 nitrogen and oxygen atoms in total. The van der Waals surface area contributed by atoms with E-state index in [1.807, 2.05) is 13.8 Å². The van der Waals surface area contributed by atoms with Gasteiger partial charge in [0.15, 0.2) is 0 Å². The van der Waals surface area contributed by atoms with E-state index >= 15 is 0 Å². The Hall–Kier alpha value is -1.76. The van der Waals surface area contributed by atoms with Crippen molar-refractivity contribution in [2.75, 3.05) is 264 Å². The number of aliphatic hydroxyl groups excluding tert-OH is 28. The van der Waals surface area contributed by atoms with E-state index in [0.29, 0.717) is 25.7 Å². The van der Waals surface area contributed by atoms with Crippen LogP contribution in [-0.2, 0) is 75.8 Å². The summed E-state index contributed by atoms with van der Waals surface area (Å²) in [6.45, 7) is -3.13. The number of hydrogen-bond donors (Lipinski definition) is 28. The van der Waals surface area contributed by atoms with Crippen LogP contribution in [0.1, 0.15) is 53.4 Å². The lowest BCUT2D eigenvalue weighted by molar-refractivity contribution is -0.195. The molecular weight excluding hydrogens is 1540 g/mol. The molecule has 0 saturated carbocycles. The molecule has 0 amide bonds. The lowest BCUT2D eigenvalue weighted by Gasteiger charge is -2.36. The predicted molar refractivity (Wildman–Crippen MR) is 396 cm³/mol. The molecule has 114 heavy (non-hydrogen) atoms. The average Bonchev–Trinajstić information content (AvgIpc) is 0.852. The van der Waals surface area contributed by atoms with Crippen LogP contribution in [-0.4, -0.2) is 529 Å². The fourth-order valence-electron chi connectivity index (χ4n) is 8.48. The summed E-state index contributed by atoms with van der Waals surface area (Å²) in [6, 6.07) is 0. The van der Waals surface area contributed by atoms with Crippen molar-refractivity contribution in [1.82, 2.24) is 0 Å². The molecule has 692 valence electrons. The molecule has 0 aromatic carbocycles. The van der Waals surface area contributed by atoms with Gasteiger partial charge in [0.25, 0.3) is 0 Å². The average molecular weight is 1690 g/mol. The molecule has 0 rings (SSSR count). The van der Waals surface area contributed by atoms with Gasteiger partial charge in [-0.25, -0.2) is 0 Å². The van der Waals surface area contributed by atoms with Gasteiger partial charge < -0.3 is 219 Å². The summed E-state index contributed by atoms with van der Waals surface area (Å²) in [7, 11) is 0. The van der Waals surface area contributed by atoms with E-state index in [-0.39, 0.29) is 145 Å². The van der Waals surface area contributed by atoms with Gasteiger partial charge in [-0.05, 0) is 25.7 Å². The molecule has 28 N–H and O–H groups in total. The molecule has 0 spiro atoms. The normalized spacial score (nSPS) is 16.5. The van der Waals surface area contributed by atoms with Crippen molar-refractivity contribution >= 4 is 0 Å². The molecule has 0 radical (unpaired) electrons. The fourth-order valence-corrected chi connectivity index (χ4v) is 8.48. The Bertz CT molecular complexity index is 1730. The molecule has 0 aromatic heterocycles. The maximum absolute atomic E-state index is 9.70. The third-order valence-corrected chi connectivity index (χ3v) is 16.1. The maximum atomic E-state index is 9.70. The molecule has 0 aliphatic heterocycles. The van der Waals surface area contributed by atoms with Gasteiger partial charge in [-0.2, -0.15) is 0 Å². The summed E-state index contributed by atoms with van der Waals surface area (Å²) in [5.74, 6) is 0. The zero-order valence-corrected chi connectivity index (χ0v) is 66.7. The second kappa shape index (κ2) is 79.7. The van der Waals surface area contributed by atoms with Crippen LogP contribution in [0.2, 0.25) is 0 Å². The van der Waals surface area contributed by atoms with Gasteiger partial charge in [-0.15, -0.1) is 0 Å². The number of rotatable bonds is 78. The molecule has 0 fully saturated rings. The first-order valence-electron chi connectivity index (χ1n) is 38.0. The zero-order chi connectivity index (χ0) is 87.0. The standard InChI is InChI=1S/2C18H38O11.2C17H36O11/c1-2-14(22)6-26-10-18(11-27-7-15(23)3-19,12-28-8-16(24)4-20)13-29-9-17(25)5-21;1-2-14(3-19)26-10-18(11-27-15(4-20)5-21,12-28-16(6-22)7-23)13-29-17(8-24)9-25;1-2-12(21)6-25-10-16(27-8-14(23)4-19)17(28-9-15(24)5-20)11-26-7-13(22)3-18;1-2-12(3-18)25-10-16(27-14(6-21)7-22)17(28-15(8-23)9-24)11-26-13(4-19)5-20/h2*14-17,19-25H,2-13H2,1H3;2*12-24H,2-11H2,1H3. The van der Waals surface area contributed by atoms with Gasteiger partial charge in [0.2, 0.25) is 0 Å². The Kier molecular flexibility index (Phi) is 82.9. The van der Waals surface area contributed by atoms with Crippen LogP contribution < -0.4 is 0 Å². The van der Waals surface area contributed by atoms with Gasteiger partial charge in [-0.3, -0.25) is 0 Å². The maximum Gasteiger partial charge on any atom is 0.110 e. The van der Waals surface area contributed by atoms with E-state index < -0.39 is 252 Å². The van der Waals surface area contributed by atoms with E-state index in [9.17, 15) is 102 Å². The van der Waals surface area contributed by atoms with Crippen LogP contribution in [0.15, 0.2) is 0 Å². The number of ether oxygens (including phenoxy) is 16. The van der Waals surface area contributed by atoms with Crippen LogP contribution >= 0.6 is 0 Å². The third kappa shape index (κ3) is 61.5. The van der Waals surface area contributed by atoms with Gasteiger partial charge in [0.05, 0.1) is 300 Å². The molecule has 0 aromatic rings. The highest BCUT2D eigenvalue weighted by Crippen LogP contribution is 2.26. The Labute approximate surface area is 667 Å². The Morgan fingerprint density at radius 2 is 0.386 bits per heavy atom. The number of aliphatic hydroxyl groups is 28. The van der Waals surface area contributed by atoms with Crippen molar-refractivity contribution in [3.05, 3.63) is 0 Å². The van der Waals surface area contributed by atoms with Crippen molar-refractivity contribution < 1.29 is 219 Å². The van der Waals surface area contributed by atoms with Crippen molar-refractivity contribution in [3.63, 3.8) is 0 Å². The molecule has 14 atom stereocenters. The predicted octanol–water partition coefficient (Wildman–Crippen LogP) is -13.0. The molecule has 0 bridgehead atoms. The Balaban J connectivity index is -0.000000708. The quantitative estimate of drug-likeness (QED) is 0.0269. The topological polar surface area (TPSA) is 714 Å². The van der Waals surface area contributed by atoms with Crippen molar-refractivity contribution in [3.8, 4) is 0 Å². The highest BCUT2D eigenvalue weighted by atomic mass is 16.6. The molecule has 14 unspecified atom stereocenters. The van der Waals surface area contributed by atoms with E-state index in [1.165, 1.54) is 0 Å². The third-order valence-electron chi connectivity index (χ3n) is 16.1. The molecule has 0 aliphatic carbocycles. The molecule has 0 heterocycles. The van der Waals surface area contributed by atoms with Crippen LogP contribution in [0.3, 0.4) is 0 Å². The fraction of sp³-hybridized carbons (Fsp3) is 1.00. The van der Waals surface area contributed by atoms with Gasteiger partial charge >= 0.3 is 0 Å². The smallest absolute Gasteiger partial charge is 0.110 e. The largest absolute Gasteiger partial charge is 0.394 e. The monoisotopic (exact) mass is 1690 g/mol. The summed E-state index contributed by atoms with van der Waals surface area (Å²) in [4.78, 5) is 0. The minimum atomic E-state index is -1.13. The highest BCUT2D eigenvalue weighted by molar-refractivity contribution is 4.84. The van der Waals surface area contributed by atoms with Crippen molar-refractivity contribution in [2.24, 2.45) is 10.8 Å². The van der Waals surface area contributed by atoms with Gasteiger partial charge in [0.1, 0.15) is 97.7 Å². The van der Waals surface area contributed by atoms with Gasteiger partial charge in [0, 0.05) is 0 Å². The summed E-state index contributed by atoms with van der Waals surface area (Å²) in [6.07, 6.45) is -15.5. The highest BCUT2D eigenvalue weighted by Gasteiger charge is 2.38. The summed E-state index contributed by atoms with van der Waals surface area (Å²) in [5, 5.41) is 259. The minimum absolute atomic E-state index is 0.0171. The summed E-state index contributed by atoms with van der Waals surface area (Å²) in [5.41, 5.74) is -1.98. The van der Waals surface area contributed by atoms with Crippen LogP contribution in [0.4, 0.5) is 0 Å². The van der Waals surface area contributed by atoms with Crippen molar-refractivity contribution in [2.45, 2.75) is 175 Å². The minimum Gasteiger partial charge on any atom is -0.394 e. The first-order valence-corrected chi connectivity index (χ1v) is 38.0. The van der Waals surface area contributed by atoms with Gasteiger partial charge in [-0.1, -0.05) is 27.7 Å². The first-order chi connectivity index (χ1) is 54.7. The summed E-state index contributed by atoms with van der Waals surface area (Å²) >= 11 is 0. The molecule has 0 saturated heterocycles. The van der Waals surface area contributed by atoms with E-state index in [1.54, 1.807) is 13.8 Å². The first kappa shape index (κ1) is 119. The van der Waals surface area contributed by atoms with E-state index in [0.717, 1.165) is 0 Å². The molecular formula is C70H148O44. The summed E-state index contributed by atoms with van der Waals surface area (Å²) < 4.78 is 88.4.